The van der Waals surface area contributed by atoms with E-state index in [4.69, 9.17) is 0 Å². The smallest absolute Gasteiger partial charge is 0.214 e. The standard InChI is InChI=1S/C12H9N3O/c1-2-4-11-9(3-1)7-10(14-11)5-6-12-13-8-16-15-12/h1-8,14H/b6-5+. The minimum Gasteiger partial charge on any atom is -0.355 e. The van der Waals surface area contributed by atoms with Crippen LogP contribution in [0, 0.1) is 0 Å². The van der Waals surface area contributed by atoms with Gasteiger partial charge in [0.2, 0.25) is 6.39 Å². The number of benzene rings is 1. The first-order chi connectivity index (χ1) is 7.92. The van der Waals surface area contributed by atoms with Crippen LogP contribution in [0.25, 0.3) is 23.1 Å². The van der Waals surface area contributed by atoms with Crippen LogP contribution < -0.4 is 0 Å². The number of nitrogens with one attached hydrogen (secondary N) is 1. The molecule has 4 heteroatoms. The normalized spacial score (nSPS) is 11.5. The Bertz CT molecular complexity index is 590. The second kappa shape index (κ2) is 3.66. The van der Waals surface area contributed by atoms with Gasteiger partial charge in [-0.05, 0) is 29.7 Å². The number of rotatable bonds is 2. The van der Waals surface area contributed by atoms with E-state index in [0.717, 1.165) is 11.2 Å². The van der Waals surface area contributed by atoms with E-state index < -0.39 is 0 Å². The molecule has 3 aromatic rings. The molecular weight excluding hydrogens is 202 g/mol. The Hall–Kier alpha value is -2.36. The van der Waals surface area contributed by atoms with Crippen LogP contribution in [0.1, 0.15) is 11.5 Å². The van der Waals surface area contributed by atoms with Crippen LogP contribution in [-0.2, 0) is 0 Å². The van der Waals surface area contributed by atoms with Crippen molar-refractivity contribution in [3.8, 4) is 0 Å². The molecule has 0 radical (unpaired) electrons. The van der Waals surface area contributed by atoms with Gasteiger partial charge in [0.25, 0.3) is 0 Å². The van der Waals surface area contributed by atoms with Crippen molar-refractivity contribution < 1.29 is 4.52 Å². The molecular formula is C12H9N3O. The van der Waals surface area contributed by atoms with Gasteiger partial charge < -0.3 is 9.51 Å². The van der Waals surface area contributed by atoms with Crippen LogP contribution in [0.4, 0.5) is 0 Å². The van der Waals surface area contributed by atoms with E-state index in [1.54, 1.807) is 6.08 Å². The lowest BCUT2D eigenvalue weighted by Gasteiger charge is -1.84. The van der Waals surface area contributed by atoms with Crippen molar-refractivity contribution in [1.82, 2.24) is 15.1 Å². The fourth-order valence-electron chi connectivity index (χ4n) is 1.60. The van der Waals surface area contributed by atoms with Gasteiger partial charge >= 0.3 is 0 Å². The Kier molecular flexibility index (Phi) is 2.04. The van der Waals surface area contributed by atoms with Crippen molar-refractivity contribution >= 4 is 23.1 Å². The van der Waals surface area contributed by atoms with Crippen LogP contribution in [-0.4, -0.2) is 15.1 Å². The molecule has 0 spiro atoms. The second-order valence-corrected chi connectivity index (χ2v) is 3.43. The highest BCUT2D eigenvalue weighted by molar-refractivity contribution is 5.83. The zero-order valence-corrected chi connectivity index (χ0v) is 8.42. The summed E-state index contributed by atoms with van der Waals surface area (Å²) >= 11 is 0. The van der Waals surface area contributed by atoms with Crippen LogP contribution in [0.3, 0.4) is 0 Å². The van der Waals surface area contributed by atoms with Gasteiger partial charge in [0.15, 0.2) is 5.82 Å². The maximum Gasteiger partial charge on any atom is 0.214 e. The van der Waals surface area contributed by atoms with Crippen LogP contribution >= 0.6 is 0 Å². The fourth-order valence-corrected chi connectivity index (χ4v) is 1.60. The Morgan fingerprint density at radius 3 is 2.94 bits per heavy atom. The maximum atomic E-state index is 4.64. The highest BCUT2D eigenvalue weighted by atomic mass is 16.5. The minimum absolute atomic E-state index is 0.568. The summed E-state index contributed by atoms with van der Waals surface area (Å²) in [6.07, 6.45) is 5.03. The fraction of sp³-hybridized carbons (Fsp3) is 0. The molecule has 1 N–H and O–H groups in total. The van der Waals surface area contributed by atoms with Crippen molar-refractivity contribution in [3.05, 3.63) is 48.2 Å². The Labute approximate surface area is 91.6 Å². The van der Waals surface area contributed by atoms with Gasteiger partial charge in [-0.15, -0.1) is 0 Å². The molecule has 0 aliphatic carbocycles. The highest BCUT2D eigenvalue weighted by Gasteiger charge is 1.97. The number of aromatic amines is 1. The predicted molar refractivity (Wildman–Crippen MR) is 61.5 cm³/mol. The number of hydrogen-bond acceptors (Lipinski definition) is 3. The summed E-state index contributed by atoms with van der Waals surface area (Å²) in [7, 11) is 0. The molecule has 1 aromatic carbocycles. The van der Waals surface area contributed by atoms with E-state index in [0.29, 0.717) is 5.82 Å². The molecule has 0 amide bonds. The first kappa shape index (κ1) is 8.91. The third-order valence-electron chi connectivity index (χ3n) is 2.34. The molecule has 16 heavy (non-hydrogen) atoms. The molecule has 0 bridgehead atoms. The third-order valence-corrected chi connectivity index (χ3v) is 2.34. The Balaban J connectivity index is 1.95. The van der Waals surface area contributed by atoms with E-state index in [1.165, 1.54) is 11.8 Å². The number of para-hydroxylation sites is 1. The molecule has 3 rings (SSSR count). The predicted octanol–water partition coefficient (Wildman–Crippen LogP) is 2.72. The van der Waals surface area contributed by atoms with Gasteiger partial charge in [0, 0.05) is 11.2 Å². The first-order valence-corrected chi connectivity index (χ1v) is 4.94. The number of H-pyrrole nitrogens is 1. The second-order valence-electron chi connectivity index (χ2n) is 3.43. The van der Waals surface area contributed by atoms with E-state index in [2.05, 4.69) is 31.8 Å². The number of fused-ring (bicyclic) bond motifs is 1. The van der Waals surface area contributed by atoms with Gasteiger partial charge in [0.05, 0.1) is 0 Å². The lowest BCUT2D eigenvalue weighted by Crippen LogP contribution is -1.73. The maximum absolute atomic E-state index is 4.64. The van der Waals surface area contributed by atoms with Crippen molar-refractivity contribution in [2.45, 2.75) is 0 Å². The molecule has 4 nitrogen and oxygen atoms in total. The summed E-state index contributed by atoms with van der Waals surface area (Å²) in [6.45, 7) is 0. The Morgan fingerprint density at radius 1 is 1.19 bits per heavy atom. The highest BCUT2D eigenvalue weighted by Crippen LogP contribution is 2.15. The van der Waals surface area contributed by atoms with Crippen molar-refractivity contribution in [3.63, 3.8) is 0 Å². The summed E-state index contributed by atoms with van der Waals surface area (Å²) in [6, 6.07) is 10.2. The number of nitrogens with zero attached hydrogens (tertiary/aromatic N) is 2. The molecule has 0 aliphatic heterocycles. The average Bonchev–Trinajstić information content (AvgIpc) is 2.95. The van der Waals surface area contributed by atoms with Crippen LogP contribution in [0.15, 0.2) is 41.2 Å². The van der Waals surface area contributed by atoms with E-state index in [9.17, 15) is 0 Å². The summed E-state index contributed by atoms with van der Waals surface area (Å²) in [5, 5.41) is 4.89. The molecule has 0 atom stereocenters. The van der Waals surface area contributed by atoms with Crippen molar-refractivity contribution in [2.75, 3.05) is 0 Å². The quantitative estimate of drug-likeness (QED) is 0.709. The van der Waals surface area contributed by atoms with Crippen LogP contribution in [0.5, 0.6) is 0 Å². The average molecular weight is 211 g/mol. The van der Waals surface area contributed by atoms with E-state index in [1.807, 2.05) is 24.3 Å². The molecule has 0 aliphatic rings. The molecule has 0 saturated carbocycles. The lowest BCUT2D eigenvalue weighted by molar-refractivity contribution is 0.415. The summed E-state index contributed by atoms with van der Waals surface area (Å²) in [4.78, 5) is 7.19. The summed E-state index contributed by atoms with van der Waals surface area (Å²) in [5.41, 5.74) is 2.14. The molecule has 0 fully saturated rings. The summed E-state index contributed by atoms with van der Waals surface area (Å²) in [5.74, 6) is 0.568. The molecule has 2 heterocycles. The SMILES string of the molecule is C(=C\c1cc2ccccc2[nH]1)/c1ncon1. The zero-order chi connectivity index (χ0) is 10.8. The molecule has 2 aromatic heterocycles. The molecule has 0 unspecified atom stereocenters. The van der Waals surface area contributed by atoms with Gasteiger partial charge in [-0.1, -0.05) is 23.4 Å². The lowest BCUT2D eigenvalue weighted by atomic mass is 10.2. The Morgan fingerprint density at radius 2 is 2.12 bits per heavy atom. The third kappa shape index (κ3) is 1.61. The zero-order valence-electron chi connectivity index (χ0n) is 8.42. The van der Waals surface area contributed by atoms with Crippen LogP contribution in [0.2, 0.25) is 0 Å². The van der Waals surface area contributed by atoms with Gasteiger partial charge in [0.1, 0.15) is 0 Å². The van der Waals surface area contributed by atoms with Gasteiger partial charge in [-0.25, -0.2) is 0 Å². The first-order valence-electron chi connectivity index (χ1n) is 4.94. The molecule has 78 valence electrons. The minimum atomic E-state index is 0.568. The van der Waals surface area contributed by atoms with E-state index >= 15 is 0 Å². The van der Waals surface area contributed by atoms with E-state index in [-0.39, 0.29) is 0 Å². The number of hydrogen-bond donors (Lipinski definition) is 1. The van der Waals surface area contributed by atoms with Gasteiger partial charge in [-0.2, -0.15) is 4.98 Å². The van der Waals surface area contributed by atoms with Crippen molar-refractivity contribution in [1.29, 1.82) is 0 Å². The van der Waals surface area contributed by atoms with Crippen molar-refractivity contribution in [2.24, 2.45) is 0 Å². The molecule has 0 saturated heterocycles. The topological polar surface area (TPSA) is 54.7 Å². The monoisotopic (exact) mass is 211 g/mol. The number of aromatic nitrogens is 3. The van der Waals surface area contributed by atoms with Gasteiger partial charge in [-0.3, -0.25) is 0 Å². The largest absolute Gasteiger partial charge is 0.355 e. The summed E-state index contributed by atoms with van der Waals surface area (Å²) < 4.78 is 4.64.